The Hall–Kier alpha value is -1.29. The Balaban J connectivity index is 2.36. The molecule has 0 saturated carbocycles. The molecular formula is C14H17NO2S. The van der Waals surface area contributed by atoms with Crippen LogP contribution in [0.25, 0.3) is 11.1 Å². The molecule has 0 aliphatic heterocycles. The number of hydrogen-bond acceptors (Lipinski definition) is 4. The number of para-hydroxylation sites is 2. The summed E-state index contributed by atoms with van der Waals surface area (Å²) in [6.45, 7) is 7.72. The Bertz CT molecular complexity index is 541. The van der Waals surface area contributed by atoms with Crippen molar-refractivity contribution in [2.75, 3.05) is 0 Å². The fourth-order valence-electron chi connectivity index (χ4n) is 1.72. The molecule has 18 heavy (non-hydrogen) atoms. The Morgan fingerprint density at radius 3 is 2.67 bits per heavy atom. The molecule has 0 aliphatic carbocycles. The maximum absolute atomic E-state index is 11.2. The molecule has 0 aliphatic rings. The lowest BCUT2D eigenvalue weighted by Crippen LogP contribution is -2.30. The highest BCUT2D eigenvalue weighted by Gasteiger charge is 2.34. The van der Waals surface area contributed by atoms with E-state index in [9.17, 15) is 4.79 Å². The maximum atomic E-state index is 11.2. The second-order valence-corrected chi connectivity index (χ2v) is 6.48. The number of rotatable bonds is 3. The zero-order chi connectivity index (χ0) is 13.3. The van der Waals surface area contributed by atoms with Crippen molar-refractivity contribution in [1.82, 2.24) is 4.98 Å². The van der Waals surface area contributed by atoms with E-state index in [1.165, 1.54) is 11.8 Å². The SMILES string of the molecule is CC(=O)SC(C)C(C)(C)c1nc2ccccc2o1. The molecule has 0 radical (unpaired) electrons. The summed E-state index contributed by atoms with van der Waals surface area (Å²) in [5.41, 5.74) is 1.37. The van der Waals surface area contributed by atoms with E-state index in [4.69, 9.17) is 4.42 Å². The summed E-state index contributed by atoms with van der Waals surface area (Å²) in [5.74, 6) is 0.685. The Morgan fingerprint density at radius 1 is 1.39 bits per heavy atom. The molecule has 1 unspecified atom stereocenters. The van der Waals surface area contributed by atoms with Gasteiger partial charge in [-0.05, 0) is 12.1 Å². The third-order valence-corrected chi connectivity index (χ3v) is 4.48. The van der Waals surface area contributed by atoms with Crippen LogP contribution in [0.4, 0.5) is 0 Å². The average molecular weight is 263 g/mol. The van der Waals surface area contributed by atoms with Crippen LogP contribution < -0.4 is 0 Å². The van der Waals surface area contributed by atoms with Crippen LogP contribution in [0, 0.1) is 0 Å². The van der Waals surface area contributed by atoms with Crippen LogP contribution in [0.5, 0.6) is 0 Å². The van der Waals surface area contributed by atoms with Crippen LogP contribution in [0.3, 0.4) is 0 Å². The molecule has 4 heteroatoms. The molecule has 1 aromatic carbocycles. The number of hydrogen-bond donors (Lipinski definition) is 0. The standard InChI is InChI=1S/C14H17NO2S/c1-9(18-10(2)16)14(3,4)13-15-11-7-5-6-8-12(11)17-13/h5-9H,1-4H3. The molecule has 1 aromatic heterocycles. The number of oxazole rings is 1. The summed E-state index contributed by atoms with van der Waals surface area (Å²) in [6.07, 6.45) is 0. The molecular weight excluding hydrogens is 246 g/mol. The highest BCUT2D eigenvalue weighted by atomic mass is 32.2. The van der Waals surface area contributed by atoms with Crippen LogP contribution in [0.2, 0.25) is 0 Å². The second-order valence-electron chi connectivity index (χ2n) is 4.96. The number of nitrogens with zero attached hydrogens (tertiary/aromatic N) is 1. The van der Waals surface area contributed by atoms with Gasteiger partial charge >= 0.3 is 0 Å². The summed E-state index contributed by atoms with van der Waals surface area (Å²) in [7, 11) is 0. The van der Waals surface area contributed by atoms with E-state index in [0.717, 1.165) is 11.1 Å². The van der Waals surface area contributed by atoms with Gasteiger partial charge in [0.1, 0.15) is 5.52 Å². The lowest BCUT2D eigenvalue weighted by Gasteiger charge is -2.26. The first-order chi connectivity index (χ1) is 8.41. The van der Waals surface area contributed by atoms with Gasteiger partial charge in [-0.25, -0.2) is 4.98 Å². The van der Waals surface area contributed by atoms with Crippen LogP contribution >= 0.6 is 11.8 Å². The number of thioether (sulfide) groups is 1. The maximum Gasteiger partial charge on any atom is 0.202 e. The van der Waals surface area contributed by atoms with E-state index >= 15 is 0 Å². The average Bonchev–Trinajstić information content (AvgIpc) is 2.72. The minimum atomic E-state index is -0.282. The molecule has 0 amide bonds. The van der Waals surface area contributed by atoms with Crippen molar-refractivity contribution >= 4 is 28.0 Å². The number of carbonyl (C=O) groups is 1. The third kappa shape index (κ3) is 2.43. The van der Waals surface area contributed by atoms with Crippen LogP contribution in [0.15, 0.2) is 28.7 Å². The molecule has 0 N–H and O–H groups in total. The first-order valence-electron chi connectivity index (χ1n) is 5.94. The fraction of sp³-hybridized carbons (Fsp3) is 0.429. The Labute approximate surface area is 111 Å². The smallest absolute Gasteiger partial charge is 0.202 e. The summed E-state index contributed by atoms with van der Waals surface area (Å²) in [4.78, 5) is 15.7. The van der Waals surface area contributed by atoms with Gasteiger partial charge in [0.2, 0.25) is 5.89 Å². The van der Waals surface area contributed by atoms with Gasteiger partial charge in [0.15, 0.2) is 10.7 Å². The van der Waals surface area contributed by atoms with Gasteiger partial charge in [-0.1, -0.05) is 44.7 Å². The molecule has 2 aromatic rings. The predicted molar refractivity (Wildman–Crippen MR) is 74.8 cm³/mol. The molecule has 0 spiro atoms. The quantitative estimate of drug-likeness (QED) is 0.845. The van der Waals surface area contributed by atoms with Gasteiger partial charge in [0.25, 0.3) is 0 Å². The zero-order valence-corrected chi connectivity index (χ0v) is 11.9. The summed E-state index contributed by atoms with van der Waals surface area (Å²) in [6, 6.07) is 7.71. The van der Waals surface area contributed by atoms with Crippen molar-refractivity contribution in [3.63, 3.8) is 0 Å². The second kappa shape index (κ2) is 4.76. The van der Waals surface area contributed by atoms with Crippen LogP contribution in [-0.4, -0.2) is 15.3 Å². The van der Waals surface area contributed by atoms with Crippen molar-refractivity contribution < 1.29 is 9.21 Å². The van der Waals surface area contributed by atoms with Crippen molar-refractivity contribution in [2.24, 2.45) is 0 Å². The van der Waals surface area contributed by atoms with E-state index in [1.54, 1.807) is 6.92 Å². The zero-order valence-electron chi connectivity index (χ0n) is 11.1. The van der Waals surface area contributed by atoms with E-state index in [0.29, 0.717) is 5.89 Å². The minimum absolute atomic E-state index is 0.114. The molecule has 96 valence electrons. The van der Waals surface area contributed by atoms with E-state index < -0.39 is 0 Å². The van der Waals surface area contributed by atoms with Crippen molar-refractivity contribution in [3.05, 3.63) is 30.2 Å². The highest BCUT2D eigenvalue weighted by molar-refractivity contribution is 8.14. The van der Waals surface area contributed by atoms with Gasteiger partial charge in [-0.15, -0.1) is 0 Å². The number of benzene rings is 1. The Kier molecular flexibility index (Phi) is 3.48. The molecule has 0 fully saturated rings. The normalized spacial score (nSPS) is 13.8. The monoisotopic (exact) mass is 263 g/mol. The molecule has 0 bridgehead atoms. The van der Waals surface area contributed by atoms with Gasteiger partial charge in [-0.3, -0.25) is 4.79 Å². The van der Waals surface area contributed by atoms with Gasteiger partial charge < -0.3 is 4.42 Å². The summed E-state index contributed by atoms with van der Waals surface area (Å²) >= 11 is 1.33. The van der Waals surface area contributed by atoms with Gasteiger partial charge in [0.05, 0.1) is 5.41 Å². The molecule has 1 atom stereocenters. The minimum Gasteiger partial charge on any atom is -0.440 e. The lowest BCUT2D eigenvalue weighted by atomic mass is 9.90. The van der Waals surface area contributed by atoms with Crippen molar-refractivity contribution in [2.45, 2.75) is 38.4 Å². The van der Waals surface area contributed by atoms with Gasteiger partial charge in [-0.2, -0.15) is 0 Å². The summed E-state index contributed by atoms with van der Waals surface area (Å²) in [5, 5.41) is 0.231. The van der Waals surface area contributed by atoms with Crippen molar-refractivity contribution in [1.29, 1.82) is 0 Å². The summed E-state index contributed by atoms with van der Waals surface area (Å²) < 4.78 is 5.80. The fourth-order valence-corrected chi connectivity index (χ4v) is 2.61. The molecule has 0 saturated heterocycles. The molecule has 1 heterocycles. The van der Waals surface area contributed by atoms with Crippen molar-refractivity contribution in [3.8, 4) is 0 Å². The third-order valence-electron chi connectivity index (χ3n) is 3.20. The highest BCUT2D eigenvalue weighted by Crippen LogP contribution is 2.35. The largest absolute Gasteiger partial charge is 0.440 e. The van der Waals surface area contributed by atoms with Crippen LogP contribution in [0.1, 0.15) is 33.6 Å². The van der Waals surface area contributed by atoms with E-state index in [-0.39, 0.29) is 15.8 Å². The van der Waals surface area contributed by atoms with E-state index in [2.05, 4.69) is 18.8 Å². The topological polar surface area (TPSA) is 43.1 Å². The number of carbonyl (C=O) groups excluding carboxylic acids is 1. The van der Waals surface area contributed by atoms with Gasteiger partial charge in [0, 0.05) is 12.2 Å². The van der Waals surface area contributed by atoms with Crippen LogP contribution in [-0.2, 0) is 10.2 Å². The van der Waals surface area contributed by atoms with E-state index in [1.807, 2.05) is 31.2 Å². The number of aromatic nitrogens is 1. The predicted octanol–water partition coefficient (Wildman–Crippen LogP) is 3.77. The first kappa shape index (κ1) is 13.1. The molecule has 2 rings (SSSR count). The lowest BCUT2D eigenvalue weighted by molar-refractivity contribution is -0.109. The first-order valence-corrected chi connectivity index (χ1v) is 6.82. The number of fused-ring (bicyclic) bond motifs is 1. The molecule has 3 nitrogen and oxygen atoms in total. The Morgan fingerprint density at radius 2 is 2.06 bits per heavy atom.